The second kappa shape index (κ2) is 6.39. The summed E-state index contributed by atoms with van der Waals surface area (Å²) in [5, 5.41) is 2.11. The molecule has 0 saturated carbocycles. The molecule has 0 aromatic carbocycles. The molecule has 4 rings (SSSR count). The Morgan fingerprint density at radius 2 is 2.09 bits per heavy atom. The predicted molar refractivity (Wildman–Crippen MR) is 87.9 cm³/mol. The first-order valence-corrected chi connectivity index (χ1v) is 8.72. The second-order valence-electron chi connectivity index (χ2n) is 6.07. The van der Waals surface area contributed by atoms with Crippen molar-refractivity contribution < 1.29 is 9.53 Å². The molecular formula is C17H19N3O2S. The molecular weight excluding hydrogens is 310 g/mol. The third kappa shape index (κ3) is 3.15. The van der Waals surface area contributed by atoms with Crippen LogP contribution in [0, 0.1) is 0 Å². The summed E-state index contributed by atoms with van der Waals surface area (Å²) in [5.41, 5.74) is 1.12. The van der Waals surface area contributed by atoms with Crippen LogP contribution in [0.4, 0.5) is 0 Å². The Balaban J connectivity index is 1.47. The van der Waals surface area contributed by atoms with Crippen molar-refractivity contribution in [2.75, 3.05) is 19.7 Å². The van der Waals surface area contributed by atoms with Gasteiger partial charge < -0.3 is 9.64 Å². The van der Waals surface area contributed by atoms with Gasteiger partial charge in [-0.15, -0.1) is 11.3 Å². The molecule has 6 heteroatoms. The Bertz CT molecular complexity index is 662. The van der Waals surface area contributed by atoms with E-state index in [4.69, 9.17) is 4.74 Å². The summed E-state index contributed by atoms with van der Waals surface area (Å²) in [6.45, 7) is 3.53. The molecule has 1 amide bonds. The molecule has 0 radical (unpaired) electrons. The van der Waals surface area contributed by atoms with Crippen LogP contribution < -0.4 is 0 Å². The predicted octanol–water partition coefficient (Wildman–Crippen LogP) is 1.75. The van der Waals surface area contributed by atoms with Crippen molar-refractivity contribution in [3.8, 4) is 0 Å². The topological polar surface area (TPSA) is 45.7 Å². The number of nitrogens with zero attached hydrogens (tertiary/aromatic N) is 3. The fraction of sp³-hybridized carbons (Fsp3) is 0.412. The third-order valence-corrected chi connectivity index (χ3v) is 5.38. The Morgan fingerprint density at radius 1 is 1.22 bits per heavy atom. The Hall–Kier alpha value is -1.76. The molecule has 2 aliphatic heterocycles. The summed E-state index contributed by atoms with van der Waals surface area (Å²) in [7, 11) is 0. The Kier molecular flexibility index (Phi) is 4.11. The van der Waals surface area contributed by atoms with E-state index in [1.807, 2.05) is 17.0 Å². The number of aromatic nitrogens is 1. The number of morpholine rings is 1. The summed E-state index contributed by atoms with van der Waals surface area (Å²) in [5.74, 6) is 0.0843. The smallest absolute Gasteiger partial charge is 0.249 e. The van der Waals surface area contributed by atoms with Crippen LogP contribution in [0.5, 0.6) is 0 Å². The molecule has 23 heavy (non-hydrogen) atoms. The van der Waals surface area contributed by atoms with Crippen molar-refractivity contribution in [1.82, 2.24) is 14.8 Å². The van der Waals surface area contributed by atoms with Crippen LogP contribution in [-0.2, 0) is 22.6 Å². The quantitative estimate of drug-likeness (QED) is 0.857. The van der Waals surface area contributed by atoms with Crippen LogP contribution in [0.2, 0.25) is 0 Å². The number of carbonyl (C=O) groups is 1. The lowest BCUT2D eigenvalue weighted by molar-refractivity contribution is -0.153. The van der Waals surface area contributed by atoms with Crippen LogP contribution in [0.1, 0.15) is 10.4 Å². The summed E-state index contributed by atoms with van der Waals surface area (Å²) in [4.78, 5) is 22.1. The van der Waals surface area contributed by atoms with E-state index in [2.05, 4.69) is 27.4 Å². The van der Waals surface area contributed by atoms with Gasteiger partial charge in [0.25, 0.3) is 0 Å². The molecule has 2 aliphatic rings. The molecule has 120 valence electrons. The maximum Gasteiger partial charge on any atom is 0.249 e. The highest BCUT2D eigenvalue weighted by Gasteiger charge is 2.42. The largest absolute Gasteiger partial charge is 0.365 e. The lowest BCUT2D eigenvalue weighted by atomic mass is 10.1. The molecule has 4 heterocycles. The minimum Gasteiger partial charge on any atom is -0.365 e. The summed E-state index contributed by atoms with van der Waals surface area (Å²) < 4.78 is 5.79. The van der Waals surface area contributed by atoms with Crippen LogP contribution >= 0.6 is 11.3 Å². The summed E-state index contributed by atoms with van der Waals surface area (Å²) >= 11 is 1.78. The van der Waals surface area contributed by atoms with Crippen molar-refractivity contribution in [2.24, 2.45) is 0 Å². The molecule has 2 aromatic rings. The summed E-state index contributed by atoms with van der Waals surface area (Å²) in [6.07, 6.45) is 3.67. The Labute approximate surface area is 139 Å². The van der Waals surface area contributed by atoms with Crippen LogP contribution in [0.15, 0.2) is 42.0 Å². The van der Waals surface area contributed by atoms with E-state index in [1.165, 1.54) is 4.88 Å². The number of hydrogen-bond donors (Lipinski definition) is 0. The average Bonchev–Trinajstić information content (AvgIpc) is 3.21. The van der Waals surface area contributed by atoms with Crippen molar-refractivity contribution in [3.63, 3.8) is 0 Å². The maximum atomic E-state index is 12.3. The molecule has 0 aliphatic carbocycles. The number of rotatable bonds is 4. The van der Waals surface area contributed by atoms with Gasteiger partial charge in [-0.05, 0) is 29.1 Å². The number of pyridine rings is 1. The van der Waals surface area contributed by atoms with Crippen LogP contribution in [-0.4, -0.2) is 52.5 Å². The van der Waals surface area contributed by atoms with Gasteiger partial charge in [0.15, 0.2) is 0 Å². The van der Waals surface area contributed by atoms with Crippen LogP contribution in [0.3, 0.4) is 0 Å². The fourth-order valence-corrected chi connectivity index (χ4v) is 4.13. The molecule has 2 aromatic heterocycles. The lowest BCUT2D eigenvalue weighted by Crippen LogP contribution is -2.53. The third-order valence-electron chi connectivity index (χ3n) is 4.52. The first kappa shape index (κ1) is 14.8. The van der Waals surface area contributed by atoms with E-state index in [0.29, 0.717) is 6.54 Å². The van der Waals surface area contributed by atoms with Gasteiger partial charge in [-0.25, -0.2) is 0 Å². The average molecular weight is 329 g/mol. The van der Waals surface area contributed by atoms with Gasteiger partial charge in [0.1, 0.15) is 6.61 Å². The van der Waals surface area contributed by atoms with Crippen molar-refractivity contribution >= 4 is 17.2 Å². The molecule has 0 unspecified atom stereocenters. The van der Waals surface area contributed by atoms with E-state index in [1.54, 1.807) is 23.7 Å². The number of likely N-dealkylation sites (tertiary alicyclic amines) is 1. The van der Waals surface area contributed by atoms with Gasteiger partial charge in [0.2, 0.25) is 5.91 Å². The van der Waals surface area contributed by atoms with E-state index in [-0.39, 0.29) is 24.7 Å². The maximum absolute atomic E-state index is 12.3. The highest BCUT2D eigenvalue weighted by atomic mass is 32.1. The number of amides is 1. The van der Waals surface area contributed by atoms with Gasteiger partial charge >= 0.3 is 0 Å². The standard InChI is InChI=1S/C17H19N3O2S/c21-17-12-22-16-11-19(9-14-2-1-7-23-14)10-15(16)20(17)8-13-3-5-18-6-4-13/h1-7,15-16H,8-12H2/t15-,16-/m1/s1. The molecule has 0 spiro atoms. The number of thiophene rings is 1. The SMILES string of the molecule is O=C1CO[C@@H]2CN(Cc3cccs3)C[C@H]2N1Cc1ccncc1. The molecule has 0 bridgehead atoms. The van der Waals surface area contributed by atoms with Crippen LogP contribution in [0.25, 0.3) is 0 Å². The molecule has 2 atom stereocenters. The van der Waals surface area contributed by atoms with Gasteiger partial charge in [0, 0.05) is 43.4 Å². The Morgan fingerprint density at radius 3 is 2.87 bits per heavy atom. The second-order valence-corrected chi connectivity index (χ2v) is 7.10. The van der Waals surface area contributed by atoms with E-state index < -0.39 is 0 Å². The highest BCUT2D eigenvalue weighted by Crippen LogP contribution is 2.27. The van der Waals surface area contributed by atoms with Crippen molar-refractivity contribution in [3.05, 3.63) is 52.5 Å². The normalized spacial score (nSPS) is 24.9. The lowest BCUT2D eigenvalue weighted by Gasteiger charge is -2.36. The van der Waals surface area contributed by atoms with Gasteiger partial charge in [-0.3, -0.25) is 14.7 Å². The van der Waals surface area contributed by atoms with Gasteiger partial charge in [0.05, 0.1) is 12.1 Å². The zero-order valence-electron chi connectivity index (χ0n) is 12.8. The fourth-order valence-electron chi connectivity index (χ4n) is 3.38. The van der Waals surface area contributed by atoms with E-state index in [9.17, 15) is 4.79 Å². The van der Waals surface area contributed by atoms with E-state index in [0.717, 1.165) is 25.2 Å². The minimum atomic E-state index is 0.0843. The highest BCUT2D eigenvalue weighted by molar-refractivity contribution is 7.09. The number of hydrogen-bond acceptors (Lipinski definition) is 5. The van der Waals surface area contributed by atoms with Crippen molar-refractivity contribution in [1.29, 1.82) is 0 Å². The number of carbonyl (C=O) groups excluding carboxylic acids is 1. The first-order valence-electron chi connectivity index (χ1n) is 7.84. The summed E-state index contributed by atoms with van der Waals surface area (Å²) in [6, 6.07) is 8.32. The molecule has 2 fully saturated rings. The molecule has 5 nitrogen and oxygen atoms in total. The van der Waals surface area contributed by atoms with Gasteiger partial charge in [-0.2, -0.15) is 0 Å². The molecule has 0 N–H and O–H groups in total. The zero-order chi connectivity index (χ0) is 15.6. The van der Waals surface area contributed by atoms with E-state index >= 15 is 0 Å². The zero-order valence-corrected chi connectivity index (χ0v) is 13.6. The van der Waals surface area contributed by atoms with Crippen molar-refractivity contribution in [2.45, 2.75) is 25.2 Å². The minimum absolute atomic E-state index is 0.0843. The number of ether oxygens (including phenoxy) is 1. The number of fused-ring (bicyclic) bond motifs is 1. The molecule has 2 saturated heterocycles. The first-order chi connectivity index (χ1) is 11.3. The van der Waals surface area contributed by atoms with Gasteiger partial charge in [-0.1, -0.05) is 6.07 Å². The monoisotopic (exact) mass is 329 g/mol.